The molecule has 1 aliphatic rings. The van der Waals surface area contributed by atoms with Crippen molar-refractivity contribution in [2.24, 2.45) is 0 Å². The van der Waals surface area contributed by atoms with Crippen LogP contribution in [0, 0.1) is 0 Å². The molecule has 0 amide bonds. The molecule has 0 aliphatic carbocycles. The average molecular weight is 191 g/mol. The Balaban J connectivity index is 2.32. The lowest BCUT2D eigenvalue weighted by atomic mass is 10.2. The zero-order valence-electron chi connectivity index (χ0n) is 7.04. The van der Waals surface area contributed by atoms with Gasteiger partial charge in [0.25, 0.3) is 0 Å². The van der Waals surface area contributed by atoms with Crippen molar-refractivity contribution in [1.29, 1.82) is 0 Å². The summed E-state index contributed by atoms with van der Waals surface area (Å²) in [4.78, 5) is 10.8. The fourth-order valence-electron chi connectivity index (χ4n) is 1.16. The molecule has 2 atom stereocenters. The van der Waals surface area contributed by atoms with Crippen LogP contribution in [-0.2, 0) is 20.3 Å². The van der Waals surface area contributed by atoms with Crippen molar-refractivity contribution in [1.82, 2.24) is 5.32 Å². The summed E-state index contributed by atoms with van der Waals surface area (Å²) in [7, 11) is 0.604. The van der Waals surface area contributed by atoms with E-state index in [0.29, 0.717) is 17.9 Å². The van der Waals surface area contributed by atoms with E-state index >= 15 is 0 Å². The topological polar surface area (TPSA) is 55.4 Å². The second kappa shape index (κ2) is 4.57. The fourth-order valence-corrected chi connectivity index (χ4v) is 2.36. The van der Waals surface area contributed by atoms with Crippen molar-refractivity contribution < 1.29 is 13.7 Å². The van der Waals surface area contributed by atoms with E-state index in [1.165, 1.54) is 7.11 Å². The largest absolute Gasteiger partial charge is 0.469 e. The predicted octanol–water partition coefficient (Wildman–Crippen LogP) is -0.730. The summed E-state index contributed by atoms with van der Waals surface area (Å²) in [5.41, 5.74) is 0. The summed E-state index contributed by atoms with van der Waals surface area (Å²) >= 11 is 0. The highest BCUT2D eigenvalue weighted by Gasteiger charge is 2.20. The van der Waals surface area contributed by atoms with Gasteiger partial charge in [0, 0.05) is 34.9 Å². The minimum atomic E-state index is -0.759. The van der Waals surface area contributed by atoms with Gasteiger partial charge in [-0.05, 0) is 0 Å². The molecule has 1 fully saturated rings. The molecule has 1 saturated heterocycles. The molecule has 0 aromatic heterocycles. The first kappa shape index (κ1) is 9.67. The Labute approximate surface area is 74.1 Å². The molecule has 2 unspecified atom stereocenters. The molecule has 0 aromatic carbocycles. The van der Waals surface area contributed by atoms with E-state index in [2.05, 4.69) is 10.1 Å². The van der Waals surface area contributed by atoms with Crippen molar-refractivity contribution in [3.8, 4) is 0 Å². The van der Waals surface area contributed by atoms with Crippen molar-refractivity contribution in [3.63, 3.8) is 0 Å². The van der Waals surface area contributed by atoms with E-state index in [-0.39, 0.29) is 12.0 Å². The Morgan fingerprint density at radius 3 is 3.08 bits per heavy atom. The fraction of sp³-hybridized carbons (Fsp3) is 0.857. The molecule has 0 radical (unpaired) electrons. The Bertz CT molecular complexity index is 195. The van der Waals surface area contributed by atoms with Gasteiger partial charge < -0.3 is 10.1 Å². The maximum Gasteiger partial charge on any atom is 0.307 e. The first-order valence-electron chi connectivity index (χ1n) is 3.87. The maximum absolute atomic E-state index is 11.1. The van der Waals surface area contributed by atoms with Gasteiger partial charge >= 0.3 is 5.97 Å². The molecule has 1 aliphatic heterocycles. The lowest BCUT2D eigenvalue weighted by molar-refractivity contribution is -0.141. The van der Waals surface area contributed by atoms with E-state index in [9.17, 15) is 9.00 Å². The number of carbonyl (C=O) groups excluding carboxylic acids is 1. The highest BCUT2D eigenvalue weighted by molar-refractivity contribution is 7.85. The van der Waals surface area contributed by atoms with Crippen LogP contribution >= 0.6 is 0 Å². The monoisotopic (exact) mass is 191 g/mol. The smallest absolute Gasteiger partial charge is 0.307 e. The SMILES string of the molecule is COC(=O)CC1CS(=O)CCN1. The van der Waals surface area contributed by atoms with Gasteiger partial charge in [-0.2, -0.15) is 0 Å². The molecule has 0 saturated carbocycles. The van der Waals surface area contributed by atoms with E-state index in [1.54, 1.807) is 0 Å². The van der Waals surface area contributed by atoms with Gasteiger partial charge in [-0.1, -0.05) is 0 Å². The molecule has 4 nitrogen and oxygen atoms in total. The van der Waals surface area contributed by atoms with Crippen molar-refractivity contribution in [2.75, 3.05) is 25.2 Å². The Kier molecular flexibility index (Phi) is 3.68. The summed E-state index contributed by atoms with van der Waals surface area (Å²) in [6.45, 7) is 0.730. The lowest BCUT2D eigenvalue weighted by Gasteiger charge is -2.21. The molecular formula is C7H13NO3S. The third-order valence-electron chi connectivity index (χ3n) is 1.79. The highest BCUT2D eigenvalue weighted by atomic mass is 32.2. The molecule has 0 bridgehead atoms. The van der Waals surface area contributed by atoms with Gasteiger partial charge in [-0.15, -0.1) is 0 Å². The first-order chi connectivity index (χ1) is 5.72. The minimum absolute atomic E-state index is 0.0343. The van der Waals surface area contributed by atoms with Gasteiger partial charge in [-0.25, -0.2) is 0 Å². The van der Waals surface area contributed by atoms with Crippen LogP contribution in [0.1, 0.15) is 6.42 Å². The normalized spacial score (nSPS) is 29.8. The van der Waals surface area contributed by atoms with Crippen LogP contribution in [0.2, 0.25) is 0 Å². The molecule has 5 heteroatoms. The number of methoxy groups -OCH3 is 1. The third-order valence-corrected chi connectivity index (χ3v) is 3.22. The molecule has 1 heterocycles. The standard InChI is InChI=1S/C7H13NO3S/c1-11-7(9)4-6-5-12(10)3-2-8-6/h6,8H,2-5H2,1H3. The molecule has 70 valence electrons. The highest BCUT2D eigenvalue weighted by Crippen LogP contribution is 2.01. The van der Waals surface area contributed by atoms with Crippen LogP contribution in [0.25, 0.3) is 0 Å². The molecule has 0 aromatic rings. The zero-order valence-corrected chi connectivity index (χ0v) is 7.86. The number of carbonyl (C=O) groups is 1. The first-order valence-corrected chi connectivity index (χ1v) is 5.36. The number of esters is 1. The van der Waals surface area contributed by atoms with Gasteiger partial charge in [0.05, 0.1) is 13.5 Å². The van der Waals surface area contributed by atoms with Crippen LogP contribution in [0.15, 0.2) is 0 Å². The number of rotatable bonds is 2. The Hall–Kier alpha value is -0.420. The van der Waals surface area contributed by atoms with Gasteiger partial charge in [0.1, 0.15) is 0 Å². The lowest BCUT2D eigenvalue weighted by Crippen LogP contribution is -2.43. The van der Waals surface area contributed by atoms with E-state index in [0.717, 1.165) is 6.54 Å². The number of hydrogen-bond donors (Lipinski definition) is 1. The zero-order chi connectivity index (χ0) is 8.97. The minimum Gasteiger partial charge on any atom is -0.469 e. The second-order valence-electron chi connectivity index (χ2n) is 2.74. The maximum atomic E-state index is 11.1. The second-order valence-corrected chi connectivity index (χ2v) is 4.36. The summed E-state index contributed by atoms with van der Waals surface area (Å²) in [6.07, 6.45) is 0.322. The van der Waals surface area contributed by atoms with E-state index in [1.807, 2.05) is 0 Å². The number of ether oxygens (including phenoxy) is 1. The van der Waals surface area contributed by atoms with E-state index in [4.69, 9.17) is 0 Å². The molecule has 1 N–H and O–H groups in total. The van der Waals surface area contributed by atoms with Crippen LogP contribution in [0.3, 0.4) is 0 Å². The van der Waals surface area contributed by atoms with Crippen molar-refractivity contribution >= 4 is 16.8 Å². The Morgan fingerprint density at radius 2 is 2.50 bits per heavy atom. The predicted molar refractivity (Wildman–Crippen MR) is 46.3 cm³/mol. The number of nitrogens with one attached hydrogen (secondary N) is 1. The van der Waals surface area contributed by atoms with Crippen LogP contribution in [0.4, 0.5) is 0 Å². The Morgan fingerprint density at radius 1 is 1.75 bits per heavy atom. The van der Waals surface area contributed by atoms with Gasteiger partial charge in [0.15, 0.2) is 0 Å². The number of hydrogen-bond acceptors (Lipinski definition) is 4. The average Bonchev–Trinajstić information content (AvgIpc) is 2.04. The van der Waals surface area contributed by atoms with Gasteiger partial charge in [-0.3, -0.25) is 9.00 Å². The van der Waals surface area contributed by atoms with Crippen molar-refractivity contribution in [2.45, 2.75) is 12.5 Å². The van der Waals surface area contributed by atoms with Crippen LogP contribution in [0.5, 0.6) is 0 Å². The summed E-state index contributed by atoms with van der Waals surface area (Å²) < 4.78 is 15.6. The van der Waals surface area contributed by atoms with Crippen LogP contribution in [-0.4, -0.2) is 41.4 Å². The molecule has 1 rings (SSSR count). The summed E-state index contributed by atoms with van der Waals surface area (Å²) in [5, 5.41) is 3.12. The molecular weight excluding hydrogens is 178 g/mol. The quantitative estimate of drug-likeness (QED) is 0.585. The third kappa shape index (κ3) is 2.91. The van der Waals surface area contributed by atoms with Gasteiger partial charge in [0.2, 0.25) is 0 Å². The summed E-state index contributed by atoms with van der Waals surface area (Å²) in [6, 6.07) is 0.0343. The van der Waals surface area contributed by atoms with Crippen LogP contribution < -0.4 is 5.32 Å². The van der Waals surface area contributed by atoms with Crippen molar-refractivity contribution in [3.05, 3.63) is 0 Å². The van der Waals surface area contributed by atoms with E-state index < -0.39 is 10.8 Å². The molecule has 0 spiro atoms. The summed E-state index contributed by atoms with van der Waals surface area (Å²) in [5.74, 6) is 1.01. The molecule has 12 heavy (non-hydrogen) atoms.